The summed E-state index contributed by atoms with van der Waals surface area (Å²) >= 11 is 2.06. The highest BCUT2D eigenvalue weighted by molar-refractivity contribution is 7.99. The number of thioether (sulfide) groups is 1. The summed E-state index contributed by atoms with van der Waals surface area (Å²) in [6.45, 7) is 0. The second kappa shape index (κ2) is 5.66. The average Bonchev–Trinajstić information content (AvgIpc) is 2.83. The van der Waals surface area contributed by atoms with E-state index < -0.39 is 0 Å². The van der Waals surface area contributed by atoms with Gasteiger partial charge in [-0.05, 0) is 43.1 Å². The van der Waals surface area contributed by atoms with Crippen LogP contribution in [-0.4, -0.2) is 17.5 Å². The van der Waals surface area contributed by atoms with E-state index >= 15 is 0 Å². The summed E-state index contributed by atoms with van der Waals surface area (Å²) in [5, 5.41) is 4.78. The van der Waals surface area contributed by atoms with Crippen molar-refractivity contribution in [2.75, 3.05) is 6.26 Å². The molecule has 0 amide bonds. The van der Waals surface area contributed by atoms with Crippen LogP contribution in [0.25, 0.3) is 0 Å². The number of nitrogens with one attached hydrogen (secondary N) is 1. The van der Waals surface area contributed by atoms with Crippen molar-refractivity contribution in [3.8, 4) is 0 Å². The third-order valence-electron chi connectivity index (χ3n) is 4.55. The maximum Gasteiger partial charge on any atom is 0.0329 e. The lowest BCUT2D eigenvalue weighted by Crippen LogP contribution is -2.41. The van der Waals surface area contributed by atoms with E-state index in [1.165, 1.54) is 38.5 Å². The molecule has 3 unspecified atom stereocenters. The van der Waals surface area contributed by atoms with Crippen molar-refractivity contribution < 1.29 is 0 Å². The molecule has 0 aromatic heterocycles. The molecule has 98 valence electrons. The minimum Gasteiger partial charge on any atom is -0.306 e. The Morgan fingerprint density at radius 1 is 1.11 bits per heavy atom. The van der Waals surface area contributed by atoms with Gasteiger partial charge in [0.15, 0.2) is 0 Å². The molecular weight excluding hydrogens is 238 g/mol. The smallest absolute Gasteiger partial charge is 0.0329 e. The predicted octanol–water partition coefficient (Wildman–Crippen LogP) is 3.94. The van der Waals surface area contributed by atoms with Gasteiger partial charge < -0.3 is 5.32 Å². The molecule has 0 aliphatic heterocycles. The van der Waals surface area contributed by atoms with Crippen LogP contribution in [0.15, 0.2) is 24.3 Å². The van der Waals surface area contributed by atoms with E-state index in [9.17, 15) is 0 Å². The number of hydrogen-bond donors (Lipinski definition) is 1. The van der Waals surface area contributed by atoms with E-state index in [0.717, 1.165) is 11.3 Å². The van der Waals surface area contributed by atoms with Crippen LogP contribution in [0.2, 0.25) is 0 Å². The van der Waals surface area contributed by atoms with Gasteiger partial charge in [-0.25, -0.2) is 0 Å². The Balaban J connectivity index is 1.70. The molecule has 0 spiro atoms. The van der Waals surface area contributed by atoms with Crippen molar-refractivity contribution >= 4 is 11.8 Å². The summed E-state index contributed by atoms with van der Waals surface area (Å²) in [5.41, 5.74) is 3.12. The van der Waals surface area contributed by atoms with Gasteiger partial charge in [-0.15, -0.1) is 0 Å². The molecule has 1 N–H and O–H groups in total. The van der Waals surface area contributed by atoms with Crippen molar-refractivity contribution in [1.29, 1.82) is 0 Å². The zero-order valence-corrected chi connectivity index (χ0v) is 12.0. The van der Waals surface area contributed by atoms with E-state index in [4.69, 9.17) is 0 Å². The molecule has 1 aromatic carbocycles. The molecule has 2 heteroatoms. The van der Waals surface area contributed by atoms with Gasteiger partial charge in [-0.1, -0.05) is 37.1 Å². The lowest BCUT2D eigenvalue weighted by atomic mass is 9.93. The fourth-order valence-corrected chi connectivity index (χ4v) is 4.50. The average molecular weight is 261 g/mol. The molecule has 0 saturated heterocycles. The molecule has 0 bridgehead atoms. The highest BCUT2D eigenvalue weighted by Gasteiger charge is 2.29. The van der Waals surface area contributed by atoms with Crippen LogP contribution in [0.5, 0.6) is 0 Å². The van der Waals surface area contributed by atoms with E-state index in [-0.39, 0.29) is 0 Å². The fraction of sp³-hybridized carbons (Fsp3) is 0.625. The summed E-state index contributed by atoms with van der Waals surface area (Å²) in [5.74, 6) is 0. The quantitative estimate of drug-likeness (QED) is 0.884. The Kier molecular flexibility index (Phi) is 3.95. The normalized spacial score (nSPS) is 31.3. The van der Waals surface area contributed by atoms with Gasteiger partial charge in [0.2, 0.25) is 0 Å². The first-order chi connectivity index (χ1) is 8.88. The van der Waals surface area contributed by atoms with Gasteiger partial charge in [-0.2, -0.15) is 11.8 Å². The Bertz CT molecular complexity index is 404. The fourth-order valence-electron chi connectivity index (χ4n) is 3.56. The molecule has 1 aromatic rings. The highest BCUT2D eigenvalue weighted by atomic mass is 32.2. The molecule has 18 heavy (non-hydrogen) atoms. The van der Waals surface area contributed by atoms with Crippen LogP contribution in [-0.2, 0) is 6.42 Å². The first kappa shape index (κ1) is 12.6. The van der Waals surface area contributed by atoms with E-state index in [1.54, 1.807) is 11.1 Å². The van der Waals surface area contributed by atoms with Crippen LogP contribution in [0.1, 0.15) is 49.3 Å². The summed E-state index contributed by atoms with van der Waals surface area (Å²) in [6.07, 6.45) is 10.4. The number of hydrogen-bond acceptors (Lipinski definition) is 2. The SMILES string of the molecule is CSC1CCCCC1NC1CCc2ccccc21. The largest absolute Gasteiger partial charge is 0.306 e. The molecule has 2 aliphatic rings. The number of rotatable bonds is 3. The third-order valence-corrected chi connectivity index (χ3v) is 5.72. The molecule has 0 heterocycles. The lowest BCUT2D eigenvalue weighted by Gasteiger charge is -2.33. The van der Waals surface area contributed by atoms with Crippen molar-refractivity contribution in [2.45, 2.75) is 55.9 Å². The maximum absolute atomic E-state index is 3.95. The second-order valence-corrected chi connectivity index (χ2v) is 6.70. The molecule has 1 saturated carbocycles. The first-order valence-electron chi connectivity index (χ1n) is 7.25. The Hall–Kier alpha value is -0.470. The molecule has 3 atom stereocenters. The van der Waals surface area contributed by atoms with Crippen molar-refractivity contribution in [3.05, 3.63) is 35.4 Å². The zero-order chi connectivity index (χ0) is 12.4. The van der Waals surface area contributed by atoms with E-state index in [0.29, 0.717) is 6.04 Å². The Labute approximate surface area is 115 Å². The lowest BCUT2D eigenvalue weighted by molar-refractivity contribution is 0.346. The zero-order valence-electron chi connectivity index (χ0n) is 11.2. The molecule has 1 fully saturated rings. The van der Waals surface area contributed by atoms with Crippen LogP contribution in [0.4, 0.5) is 0 Å². The Morgan fingerprint density at radius 2 is 1.94 bits per heavy atom. The summed E-state index contributed by atoms with van der Waals surface area (Å²) < 4.78 is 0. The van der Waals surface area contributed by atoms with Gasteiger partial charge in [0.25, 0.3) is 0 Å². The van der Waals surface area contributed by atoms with Crippen LogP contribution >= 0.6 is 11.8 Å². The molecule has 0 radical (unpaired) electrons. The van der Waals surface area contributed by atoms with Crippen LogP contribution < -0.4 is 5.32 Å². The summed E-state index contributed by atoms with van der Waals surface area (Å²) in [7, 11) is 0. The standard InChI is InChI=1S/C16H23NS/c1-18-16-9-5-4-8-15(16)17-14-11-10-12-6-2-3-7-13(12)14/h2-3,6-7,14-17H,4-5,8-11H2,1H3. The molecule has 2 aliphatic carbocycles. The topological polar surface area (TPSA) is 12.0 Å². The maximum atomic E-state index is 3.95. The summed E-state index contributed by atoms with van der Waals surface area (Å²) in [6, 6.07) is 10.3. The number of fused-ring (bicyclic) bond motifs is 1. The predicted molar refractivity (Wildman–Crippen MR) is 80.2 cm³/mol. The van der Waals surface area contributed by atoms with Gasteiger partial charge in [0.05, 0.1) is 0 Å². The second-order valence-electron chi connectivity index (χ2n) is 5.62. The third kappa shape index (κ3) is 2.46. The summed E-state index contributed by atoms with van der Waals surface area (Å²) in [4.78, 5) is 0. The first-order valence-corrected chi connectivity index (χ1v) is 8.54. The number of aryl methyl sites for hydroxylation is 1. The van der Waals surface area contributed by atoms with Gasteiger partial charge >= 0.3 is 0 Å². The molecular formula is C16H23NS. The molecule has 1 nitrogen and oxygen atoms in total. The monoisotopic (exact) mass is 261 g/mol. The minimum atomic E-state index is 0.610. The van der Waals surface area contributed by atoms with Gasteiger partial charge in [0, 0.05) is 17.3 Å². The van der Waals surface area contributed by atoms with Crippen LogP contribution in [0.3, 0.4) is 0 Å². The number of benzene rings is 1. The van der Waals surface area contributed by atoms with Crippen molar-refractivity contribution in [1.82, 2.24) is 5.32 Å². The molecule has 3 rings (SSSR count). The van der Waals surface area contributed by atoms with E-state index in [1.807, 2.05) is 0 Å². The highest BCUT2D eigenvalue weighted by Crippen LogP contribution is 2.34. The van der Waals surface area contributed by atoms with Gasteiger partial charge in [-0.3, -0.25) is 0 Å². The van der Waals surface area contributed by atoms with Crippen LogP contribution in [0, 0.1) is 0 Å². The minimum absolute atomic E-state index is 0.610. The van der Waals surface area contributed by atoms with Crippen molar-refractivity contribution in [2.24, 2.45) is 0 Å². The van der Waals surface area contributed by atoms with Gasteiger partial charge in [0.1, 0.15) is 0 Å². The van der Waals surface area contributed by atoms with E-state index in [2.05, 4.69) is 47.6 Å². The Morgan fingerprint density at radius 3 is 2.83 bits per heavy atom. The van der Waals surface area contributed by atoms with Crippen molar-refractivity contribution in [3.63, 3.8) is 0 Å².